The Morgan fingerprint density at radius 3 is 2.79 bits per heavy atom. The Morgan fingerprint density at radius 2 is 2.16 bits per heavy atom. The summed E-state index contributed by atoms with van der Waals surface area (Å²) in [6.07, 6.45) is 0.743. The Kier molecular flexibility index (Phi) is 4.47. The zero-order chi connectivity index (χ0) is 13.8. The number of thioether (sulfide) groups is 1. The summed E-state index contributed by atoms with van der Waals surface area (Å²) in [7, 11) is 0. The first-order valence-corrected chi connectivity index (χ1v) is 7.25. The van der Waals surface area contributed by atoms with E-state index in [0.717, 1.165) is 11.3 Å². The second-order valence-electron chi connectivity index (χ2n) is 4.48. The van der Waals surface area contributed by atoms with Crippen molar-refractivity contribution in [3.05, 3.63) is 29.8 Å². The smallest absolute Gasteiger partial charge is 0.305 e. The van der Waals surface area contributed by atoms with Crippen LogP contribution in [0.2, 0.25) is 0 Å². The average molecular weight is 279 g/mol. The lowest BCUT2D eigenvalue weighted by molar-refractivity contribution is -0.138. The number of benzene rings is 1. The molecule has 1 unspecified atom stereocenters. The van der Waals surface area contributed by atoms with Crippen molar-refractivity contribution in [1.29, 1.82) is 0 Å². The summed E-state index contributed by atoms with van der Waals surface area (Å²) >= 11 is 1.58. The van der Waals surface area contributed by atoms with Crippen LogP contribution in [0.4, 0.5) is 0 Å². The molecule has 102 valence electrons. The largest absolute Gasteiger partial charge is 0.481 e. The zero-order valence-corrected chi connectivity index (χ0v) is 11.7. The fourth-order valence-electron chi connectivity index (χ4n) is 2.18. The van der Waals surface area contributed by atoms with Crippen molar-refractivity contribution >= 4 is 23.6 Å². The van der Waals surface area contributed by atoms with Crippen molar-refractivity contribution in [2.45, 2.75) is 29.9 Å². The number of carboxylic acid groups (broad SMARTS) is 1. The number of hydrogen-bond acceptors (Lipinski definition) is 3. The molecule has 1 heterocycles. The highest BCUT2D eigenvalue weighted by atomic mass is 32.2. The van der Waals surface area contributed by atoms with Crippen LogP contribution in [0.5, 0.6) is 0 Å². The first kappa shape index (κ1) is 13.9. The van der Waals surface area contributed by atoms with Gasteiger partial charge in [0.1, 0.15) is 0 Å². The van der Waals surface area contributed by atoms with Gasteiger partial charge >= 0.3 is 5.97 Å². The molecule has 4 nitrogen and oxygen atoms in total. The van der Waals surface area contributed by atoms with E-state index < -0.39 is 5.97 Å². The minimum Gasteiger partial charge on any atom is -0.481 e. The second-order valence-corrected chi connectivity index (χ2v) is 5.72. The standard InChI is InChI=1S/C14H17NO3S/c1-2-15(8-7-13(16)17)14(18)12-9-10-5-3-4-6-11(10)19-12/h3-6,12H,2,7-9H2,1H3,(H,16,17). The van der Waals surface area contributed by atoms with E-state index in [4.69, 9.17) is 5.11 Å². The summed E-state index contributed by atoms with van der Waals surface area (Å²) in [6, 6.07) is 8.03. The number of amides is 1. The molecule has 0 radical (unpaired) electrons. The van der Waals surface area contributed by atoms with Gasteiger partial charge in [0.2, 0.25) is 5.91 Å². The molecule has 0 aromatic heterocycles. The molecule has 1 N–H and O–H groups in total. The summed E-state index contributed by atoms with van der Waals surface area (Å²) in [5, 5.41) is 8.60. The Hall–Kier alpha value is -1.49. The van der Waals surface area contributed by atoms with Crippen molar-refractivity contribution in [1.82, 2.24) is 4.90 Å². The average Bonchev–Trinajstić information content (AvgIpc) is 2.82. The molecular weight excluding hydrogens is 262 g/mol. The van der Waals surface area contributed by atoms with Crippen LogP contribution in [-0.2, 0) is 16.0 Å². The molecule has 1 amide bonds. The van der Waals surface area contributed by atoms with E-state index >= 15 is 0 Å². The van der Waals surface area contributed by atoms with E-state index in [0.29, 0.717) is 6.54 Å². The zero-order valence-electron chi connectivity index (χ0n) is 10.8. The van der Waals surface area contributed by atoms with Crippen molar-refractivity contribution in [2.24, 2.45) is 0 Å². The monoisotopic (exact) mass is 279 g/mol. The molecule has 5 heteroatoms. The Bertz CT molecular complexity index is 464. The summed E-state index contributed by atoms with van der Waals surface area (Å²) in [5.74, 6) is -0.821. The first-order valence-electron chi connectivity index (χ1n) is 6.37. The highest BCUT2D eigenvalue weighted by molar-refractivity contribution is 8.01. The third-order valence-electron chi connectivity index (χ3n) is 3.21. The highest BCUT2D eigenvalue weighted by Gasteiger charge is 2.30. The van der Waals surface area contributed by atoms with Gasteiger partial charge in [-0.25, -0.2) is 0 Å². The van der Waals surface area contributed by atoms with Gasteiger partial charge in [0, 0.05) is 18.0 Å². The van der Waals surface area contributed by atoms with E-state index in [9.17, 15) is 9.59 Å². The normalized spacial score (nSPS) is 17.0. The van der Waals surface area contributed by atoms with Crippen LogP contribution in [0, 0.1) is 0 Å². The van der Waals surface area contributed by atoms with Gasteiger partial charge in [0.25, 0.3) is 0 Å². The van der Waals surface area contributed by atoms with Crippen LogP contribution in [0.25, 0.3) is 0 Å². The maximum atomic E-state index is 12.4. The maximum absolute atomic E-state index is 12.4. The van der Waals surface area contributed by atoms with Crippen molar-refractivity contribution in [3.63, 3.8) is 0 Å². The van der Waals surface area contributed by atoms with Crippen molar-refractivity contribution < 1.29 is 14.7 Å². The topological polar surface area (TPSA) is 57.6 Å². The molecule has 0 bridgehead atoms. The molecule has 0 saturated heterocycles. The third kappa shape index (κ3) is 3.29. The van der Waals surface area contributed by atoms with Crippen LogP contribution in [0.3, 0.4) is 0 Å². The molecule has 1 aliphatic rings. The lowest BCUT2D eigenvalue weighted by atomic mass is 10.1. The minimum atomic E-state index is -0.867. The number of carbonyl (C=O) groups is 2. The number of aliphatic carboxylic acids is 1. The molecule has 1 atom stereocenters. The van der Waals surface area contributed by atoms with Crippen LogP contribution < -0.4 is 0 Å². The van der Waals surface area contributed by atoms with Crippen LogP contribution >= 0.6 is 11.8 Å². The predicted molar refractivity (Wildman–Crippen MR) is 74.3 cm³/mol. The molecule has 0 fully saturated rings. The van der Waals surface area contributed by atoms with Gasteiger partial charge in [-0.05, 0) is 25.0 Å². The Morgan fingerprint density at radius 1 is 1.42 bits per heavy atom. The van der Waals surface area contributed by atoms with E-state index in [2.05, 4.69) is 0 Å². The summed E-state index contributed by atoms with van der Waals surface area (Å²) in [4.78, 5) is 25.8. The Balaban J connectivity index is 1.99. The van der Waals surface area contributed by atoms with E-state index in [1.165, 1.54) is 5.56 Å². The first-order chi connectivity index (χ1) is 9.11. The molecule has 2 rings (SSSR count). The summed E-state index contributed by atoms with van der Waals surface area (Å²) in [6.45, 7) is 2.73. The van der Waals surface area contributed by atoms with Gasteiger partial charge in [-0.3, -0.25) is 9.59 Å². The SMILES string of the molecule is CCN(CCC(=O)O)C(=O)C1Cc2ccccc2S1. The highest BCUT2D eigenvalue weighted by Crippen LogP contribution is 2.37. The molecule has 1 aromatic carbocycles. The summed E-state index contributed by atoms with van der Waals surface area (Å²) in [5.41, 5.74) is 1.21. The van der Waals surface area contributed by atoms with Crippen molar-refractivity contribution in [2.75, 3.05) is 13.1 Å². The quantitative estimate of drug-likeness (QED) is 0.896. The number of fused-ring (bicyclic) bond motifs is 1. The number of carboxylic acids is 1. The molecule has 0 spiro atoms. The molecule has 0 aliphatic carbocycles. The number of hydrogen-bond donors (Lipinski definition) is 1. The molecule has 1 aromatic rings. The minimum absolute atomic E-state index is 0.00388. The molecule has 0 saturated carbocycles. The molecule has 19 heavy (non-hydrogen) atoms. The second kappa shape index (κ2) is 6.10. The Labute approximate surface area is 116 Å². The van der Waals surface area contributed by atoms with Crippen LogP contribution in [0.1, 0.15) is 18.9 Å². The van der Waals surface area contributed by atoms with E-state index in [1.54, 1.807) is 16.7 Å². The molecule has 1 aliphatic heterocycles. The van der Waals surface area contributed by atoms with Crippen LogP contribution in [-0.4, -0.2) is 40.2 Å². The van der Waals surface area contributed by atoms with E-state index in [1.807, 2.05) is 31.2 Å². The van der Waals surface area contributed by atoms with Gasteiger partial charge in [0.05, 0.1) is 11.7 Å². The van der Waals surface area contributed by atoms with Gasteiger partial charge in [-0.15, -0.1) is 11.8 Å². The van der Waals surface area contributed by atoms with Gasteiger partial charge in [-0.2, -0.15) is 0 Å². The number of nitrogens with zero attached hydrogens (tertiary/aromatic N) is 1. The fraction of sp³-hybridized carbons (Fsp3) is 0.429. The van der Waals surface area contributed by atoms with Gasteiger partial charge in [-0.1, -0.05) is 18.2 Å². The maximum Gasteiger partial charge on any atom is 0.305 e. The van der Waals surface area contributed by atoms with Gasteiger partial charge in [0.15, 0.2) is 0 Å². The van der Waals surface area contributed by atoms with Gasteiger partial charge < -0.3 is 10.0 Å². The van der Waals surface area contributed by atoms with Crippen molar-refractivity contribution in [3.8, 4) is 0 Å². The number of carbonyl (C=O) groups excluding carboxylic acids is 1. The molecular formula is C14H17NO3S. The van der Waals surface area contributed by atoms with Crippen LogP contribution in [0.15, 0.2) is 29.2 Å². The fourth-order valence-corrected chi connectivity index (χ4v) is 3.46. The lowest BCUT2D eigenvalue weighted by Gasteiger charge is -2.23. The third-order valence-corrected chi connectivity index (χ3v) is 4.52. The summed E-state index contributed by atoms with van der Waals surface area (Å²) < 4.78 is 0. The lowest BCUT2D eigenvalue weighted by Crippen LogP contribution is -2.38. The number of rotatable bonds is 5. The predicted octanol–water partition coefficient (Wildman–Crippen LogP) is 2.03. The van der Waals surface area contributed by atoms with E-state index in [-0.39, 0.29) is 24.1 Å².